The summed E-state index contributed by atoms with van der Waals surface area (Å²) in [7, 11) is 0. The number of ether oxygens (including phenoxy) is 1. The van der Waals surface area contributed by atoms with Gasteiger partial charge in [-0.1, -0.05) is 42.1 Å². The van der Waals surface area contributed by atoms with E-state index < -0.39 is 0 Å². The highest BCUT2D eigenvalue weighted by molar-refractivity contribution is 7.99. The number of aromatic nitrogens is 2. The van der Waals surface area contributed by atoms with Gasteiger partial charge in [-0.25, -0.2) is 4.98 Å². The smallest absolute Gasteiger partial charge is 0.242 e. The van der Waals surface area contributed by atoms with E-state index in [1.807, 2.05) is 47.4 Å². The molecule has 158 valence electrons. The third-order valence-corrected chi connectivity index (χ3v) is 6.64. The van der Waals surface area contributed by atoms with Gasteiger partial charge in [-0.05, 0) is 56.9 Å². The van der Waals surface area contributed by atoms with E-state index in [4.69, 9.17) is 9.72 Å². The zero-order valence-corrected chi connectivity index (χ0v) is 18.5. The van der Waals surface area contributed by atoms with Crippen molar-refractivity contribution in [3.05, 3.63) is 54.1 Å². The van der Waals surface area contributed by atoms with Crippen LogP contribution in [0.15, 0.2) is 53.7 Å². The van der Waals surface area contributed by atoms with Crippen LogP contribution in [0.5, 0.6) is 5.75 Å². The van der Waals surface area contributed by atoms with Gasteiger partial charge in [-0.2, -0.15) is 0 Å². The summed E-state index contributed by atoms with van der Waals surface area (Å²) in [5, 5.41) is 0.877. The maximum atomic E-state index is 13.1. The molecule has 1 aliphatic heterocycles. The molecule has 2 heterocycles. The van der Waals surface area contributed by atoms with E-state index in [0.717, 1.165) is 52.6 Å². The molecule has 0 spiro atoms. The first-order chi connectivity index (χ1) is 14.6. The summed E-state index contributed by atoms with van der Waals surface area (Å²) in [5.74, 6) is 1.87. The van der Waals surface area contributed by atoms with E-state index in [9.17, 15) is 4.79 Å². The zero-order chi connectivity index (χ0) is 20.9. The molecule has 3 aromatic rings. The van der Waals surface area contributed by atoms with Gasteiger partial charge in [0.2, 0.25) is 5.91 Å². The fourth-order valence-corrected chi connectivity index (χ4v) is 4.84. The van der Waals surface area contributed by atoms with Gasteiger partial charge in [0.1, 0.15) is 12.3 Å². The zero-order valence-electron chi connectivity index (χ0n) is 17.7. The standard InChI is InChI=1S/C24H29N3O2S/c1-18-9-3-6-13-22(18)29-15-16-30-24-25-20-11-4-5-12-21(20)27(24)17-23(28)26-14-8-7-10-19(26)2/h3-6,9,11-13,19H,7-8,10,14-17H2,1-2H3/t19-/m0/s1. The monoisotopic (exact) mass is 423 g/mol. The lowest BCUT2D eigenvalue weighted by molar-refractivity contribution is -0.135. The number of carbonyl (C=O) groups is 1. The molecule has 0 saturated carbocycles. The highest BCUT2D eigenvalue weighted by Crippen LogP contribution is 2.26. The molecule has 0 radical (unpaired) electrons. The molecule has 1 atom stereocenters. The van der Waals surface area contributed by atoms with Crippen LogP contribution in [0, 0.1) is 6.92 Å². The fraction of sp³-hybridized carbons (Fsp3) is 0.417. The van der Waals surface area contributed by atoms with Crippen molar-refractivity contribution < 1.29 is 9.53 Å². The van der Waals surface area contributed by atoms with Crippen LogP contribution in [0.3, 0.4) is 0 Å². The van der Waals surface area contributed by atoms with Crippen molar-refractivity contribution in [1.82, 2.24) is 14.5 Å². The van der Waals surface area contributed by atoms with Gasteiger partial charge in [0, 0.05) is 18.3 Å². The Morgan fingerprint density at radius 1 is 1.17 bits per heavy atom. The maximum absolute atomic E-state index is 13.1. The van der Waals surface area contributed by atoms with Gasteiger partial charge in [0.25, 0.3) is 0 Å². The van der Waals surface area contributed by atoms with Gasteiger partial charge in [0.05, 0.1) is 17.6 Å². The van der Waals surface area contributed by atoms with Crippen molar-refractivity contribution in [3.8, 4) is 5.75 Å². The predicted molar refractivity (Wildman–Crippen MR) is 122 cm³/mol. The number of amides is 1. The van der Waals surface area contributed by atoms with E-state index in [1.54, 1.807) is 11.8 Å². The molecule has 1 saturated heterocycles. The number of rotatable bonds is 7. The summed E-state index contributed by atoms with van der Waals surface area (Å²) in [6.07, 6.45) is 3.40. The molecule has 4 rings (SSSR count). The molecule has 0 aliphatic carbocycles. The predicted octanol–water partition coefficient (Wildman–Crippen LogP) is 4.92. The Kier molecular flexibility index (Phi) is 6.62. The van der Waals surface area contributed by atoms with Crippen molar-refractivity contribution in [2.24, 2.45) is 0 Å². The normalized spacial score (nSPS) is 16.7. The lowest BCUT2D eigenvalue weighted by atomic mass is 10.0. The summed E-state index contributed by atoms with van der Waals surface area (Å²) in [4.78, 5) is 19.9. The molecule has 30 heavy (non-hydrogen) atoms. The molecule has 6 heteroatoms. The Labute approximate surface area is 182 Å². The number of para-hydroxylation sites is 3. The molecule has 5 nitrogen and oxygen atoms in total. The minimum atomic E-state index is 0.184. The summed E-state index contributed by atoms with van der Waals surface area (Å²) in [6, 6.07) is 16.4. The molecular formula is C24H29N3O2S. The van der Waals surface area contributed by atoms with Crippen molar-refractivity contribution in [3.63, 3.8) is 0 Å². The second-order valence-corrected chi connectivity index (χ2v) is 8.93. The van der Waals surface area contributed by atoms with Gasteiger partial charge < -0.3 is 14.2 Å². The summed E-state index contributed by atoms with van der Waals surface area (Å²) >= 11 is 1.64. The molecule has 1 aromatic heterocycles. The Balaban J connectivity index is 1.46. The first kappa shape index (κ1) is 20.8. The molecular weight excluding hydrogens is 394 g/mol. The van der Waals surface area contributed by atoms with Crippen LogP contribution in [0.1, 0.15) is 31.7 Å². The summed E-state index contributed by atoms with van der Waals surface area (Å²) in [6.45, 7) is 6.00. The molecule has 0 unspecified atom stereocenters. The van der Waals surface area contributed by atoms with E-state index in [1.165, 1.54) is 6.42 Å². The van der Waals surface area contributed by atoms with E-state index in [2.05, 4.69) is 24.5 Å². The first-order valence-electron chi connectivity index (χ1n) is 10.7. The molecule has 2 aromatic carbocycles. The quantitative estimate of drug-likeness (QED) is 0.400. The highest BCUT2D eigenvalue weighted by atomic mass is 32.2. The van der Waals surface area contributed by atoms with Crippen molar-refractivity contribution in [1.29, 1.82) is 0 Å². The second kappa shape index (κ2) is 9.56. The SMILES string of the molecule is Cc1ccccc1OCCSc1nc2ccccc2n1CC(=O)N1CCCC[C@@H]1C. The first-order valence-corrected chi connectivity index (χ1v) is 11.7. The molecule has 1 amide bonds. The van der Waals surface area contributed by atoms with E-state index in [0.29, 0.717) is 19.2 Å². The van der Waals surface area contributed by atoms with Gasteiger partial charge >= 0.3 is 0 Å². The number of hydrogen-bond donors (Lipinski definition) is 0. The third-order valence-electron chi connectivity index (χ3n) is 5.70. The highest BCUT2D eigenvalue weighted by Gasteiger charge is 2.24. The average molecular weight is 424 g/mol. The average Bonchev–Trinajstić information content (AvgIpc) is 3.10. The van der Waals surface area contributed by atoms with E-state index in [-0.39, 0.29) is 5.91 Å². The van der Waals surface area contributed by atoms with Crippen LogP contribution >= 0.6 is 11.8 Å². The van der Waals surface area contributed by atoms with Gasteiger partial charge in [-0.3, -0.25) is 4.79 Å². The van der Waals surface area contributed by atoms with Crippen LogP contribution < -0.4 is 4.74 Å². The fourth-order valence-electron chi connectivity index (χ4n) is 4.01. The Bertz CT molecular complexity index is 1020. The number of likely N-dealkylation sites (tertiary alicyclic amines) is 1. The van der Waals surface area contributed by atoms with E-state index >= 15 is 0 Å². The van der Waals surface area contributed by atoms with Crippen LogP contribution in [-0.2, 0) is 11.3 Å². The lowest BCUT2D eigenvalue weighted by Gasteiger charge is -2.33. The third kappa shape index (κ3) is 4.64. The maximum Gasteiger partial charge on any atom is 0.242 e. The molecule has 0 bridgehead atoms. The Morgan fingerprint density at radius 3 is 2.80 bits per heavy atom. The lowest BCUT2D eigenvalue weighted by Crippen LogP contribution is -2.43. The van der Waals surface area contributed by atoms with Crippen LogP contribution in [0.4, 0.5) is 0 Å². The van der Waals surface area contributed by atoms with Crippen LogP contribution in [-0.4, -0.2) is 45.3 Å². The number of aryl methyl sites for hydroxylation is 1. The number of nitrogens with zero attached hydrogens (tertiary/aromatic N) is 3. The van der Waals surface area contributed by atoms with Crippen molar-refractivity contribution in [2.45, 2.75) is 50.9 Å². The molecule has 0 N–H and O–H groups in total. The number of piperidine rings is 1. The summed E-state index contributed by atoms with van der Waals surface area (Å²) < 4.78 is 8.00. The minimum Gasteiger partial charge on any atom is -0.492 e. The number of carbonyl (C=O) groups excluding carboxylic acids is 1. The number of hydrogen-bond acceptors (Lipinski definition) is 4. The number of fused-ring (bicyclic) bond motifs is 1. The van der Waals surface area contributed by atoms with Crippen LogP contribution in [0.2, 0.25) is 0 Å². The molecule has 1 fully saturated rings. The largest absolute Gasteiger partial charge is 0.492 e. The van der Waals surface area contributed by atoms with Gasteiger partial charge in [0.15, 0.2) is 5.16 Å². The van der Waals surface area contributed by atoms with Gasteiger partial charge in [-0.15, -0.1) is 0 Å². The van der Waals surface area contributed by atoms with Crippen molar-refractivity contribution in [2.75, 3.05) is 18.9 Å². The second-order valence-electron chi connectivity index (χ2n) is 7.86. The number of thioether (sulfide) groups is 1. The number of benzene rings is 2. The minimum absolute atomic E-state index is 0.184. The van der Waals surface area contributed by atoms with Crippen molar-refractivity contribution >= 4 is 28.7 Å². The Hall–Kier alpha value is -2.47. The Morgan fingerprint density at radius 2 is 1.97 bits per heavy atom. The van der Waals surface area contributed by atoms with Crippen LogP contribution in [0.25, 0.3) is 11.0 Å². The topological polar surface area (TPSA) is 47.4 Å². The number of imidazole rings is 1. The molecule has 1 aliphatic rings. The summed E-state index contributed by atoms with van der Waals surface area (Å²) in [5.41, 5.74) is 3.08.